The van der Waals surface area contributed by atoms with E-state index >= 15 is 0 Å². The Labute approximate surface area is 125 Å². The van der Waals surface area contributed by atoms with Crippen LogP contribution in [0, 0.1) is 5.82 Å². The largest absolute Gasteiger partial charge is 0.456 e. The number of benzene rings is 1. The van der Waals surface area contributed by atoms with Gasteiger partial charge in [0.05, 0.1) is 13.0 Å². The van der Waals surface area contributed by atoms with Gasteiger partial charge in [0, 0.05) is 10.6 Å². The highest BCUT2D eigenvalue weighted by Crippen LogP contribution is 2.18. The molecule has 0 unspecified atom stereocenters. The third-order valence-corrected chi connectivity index (χ3v) is 3.23. The van der Waals surface area contributed by atoms with Crippen LogP contribution in [0.3, 0.4) is 0 Å². The molecule has 0 bridgehead atoms. The lowest BCUT2D eigenvalue weighted by Crippen LogP contribution is -2.36. The number of ether oxygens (including phenoxy) is 1. The van der Waals surface area contributed by atoms with Crippen molar-refractivity contribution in [1.82, 2.24) is 5.32 Å². The molecule has 1 rings (SSSR count). The highest BCUT2D eigenvalue weighted by Gasteiger charge is 2.08. The number of thioether (sulfide) groups is 1. The van der Waals surface area contributed by atoms with Gasteiger partial charge in [-0.1, -0.05) is 0 Å². The minimum Gasteiger partial charge on any atom is -0.456 e. The number of hydrogen-bond acceptors (Lipinski definition) is 5. The first-order valence-electron chi connectivity index (χ1n) is 6.06. The van der Waals surface area contributed by atoms with E-state index in [1.807, 2.05) is 0 Å². The zero-order valence-corrected chi connectivity index (χ0v) is 12.0. The van der Waals surface area contributed by atoms with Gasteiger partial charge in [-0.25, -0.2) is 4.39 Å². The molecule has 2 amide bonds. The van der Waals surface area contributed by atoms with E-state index in [2.05, 4.69) is 5.32 Å². The molecule has 3 N–H and O–H groups in total. The van der Waals surface area contributed by atoms with Crippen molar-refractivity contribution >= 4 is 29.5 Å². The first-order chi connectivity index (χ1) is 9.97. The molecule has 0 aliphatic carbocycles. The van der Waals surface area contributed by atoms with Gasteiger partial charge in [-0.05, 0) is 24.3 Å². The number of carbonyl (C=O) groups is 3. The Morgan fingerprint density at radius 3 is 2.52 bits per heavy atom. The van der Waals surface area contributed by atoms with Crippen LogP contribution in [0.1, 0.15) is 6.42 Å². The highest BCUT2D eigenvalue weighted by molar-refractivity contribution is 7.99. The molecule has 21 heavy (non-hydrogen) atoms. The summed E-state index contributed by atoms with van der Waals surface area (Å²) in [5.74, 6) is -1.66. The van der Waals surface area contributed by atoms with Crippen molar-refractivity contribution in [3.05, 3.63) is 30.1 Å². The van der Waals surface area contributed by atoms with Gasteiger partial charge in [-0.3, -0.25) is 14.4 Å². The summed E-state index contributed by atoms with van der Waals surface area (Å²) >= 11 is 1.38. The van der Waals surface area contributed by atoms with Gasteiger partial charge in [0.2, 0.25) is 5.91 Å². The minimum atomic E-state index is -0.676. The molecule has 6 nitrogen and oxygen atoms in total. The Kier molecular flexibility index (Phi) is 7.24. The molecule has 0 fully saturated rings. The molecule has 0 heterocycles. The van der Waals surface area contributed by atoms with Crippen LogP contribution >= 0.6 is 11.8 Å². The minimum absolute atomic E-state index is 0.116. The number of halogens is 1. The summed E-state index contributed by atoms with van der Waals surface area (Å²) in [6.45, 7) is -0.746. The Morgan fingerprint density at radius 1 is 1.24 bits per heavy atom. The number of hydrogen-bond donors (Lipinski definition) is 2. The summed E-state index contributed by atoms with van der Waals surface area (Å²) in [5, 5.41) is 2.19. The van der Waals surface area contributed by atoms with E-state index in [0.29, 0.717) is 5.75 Å². The zero-order chi connectivity index (χ0) is 15.7. The standard InChI is InChI=1S/C13H15FN2O4S/c14-9-1-3-10(4-2-9)21-6-5-13(19)20-8-12(18)16-7-11(15)17/h1-4H,5-8H2,(H2,15,17)(H,16,18). The predicted molar refractivity (Wildman–Crippen MR) is 74.9 cm³/mol. The average Bonchev–Trinajstić information content (AvgIpc) is 2.45. The van der Waals surface area contributed by atoms with E-state index in [0.717, 1.165) is 4.90 Å². The molecule has 0 aromatic heterocycles. The van der Waals surface area contributed by atoms with Crippen LogP contribution in [0.15, 0.2) is 29.2 Å². The smallest absolute Gasteiger partial charge is 0.307 e. The first kappa shape index (κ1) is 17.0. The monoisotopic (exact) mass is 314 g/mol. The maximum Gasteiger partial charge on any atom is 0.307 e. The lowest BCUT2D eigenvalue weighted by atomic mass is 10.4. The average molecular weight is 314 g/mol. The number of esters is 1. The maximum atomic E-state index is 12.7. The van der Waals surface area contributed by atoms with Crippen LogP contribution in [0.2, 0.25) is 0 Å². The Balaban J connectivity index is 2.15. The molecule has 0 saturated heterocycles. The molecule has 0 spiro atoms. The summed E-state index contributed by atoms with van der Waals surface area (Å²) in [5.41, 5.74) is 4.84. The van der Waals surface area contributed by atoms with E-state index in [1.54, 1.807) is 12.1 Å². The van der Waals surface area contributed by atoms with Crippen molar-refractivity contribution < 1.29 is 23.5 Å². The van der Waals surface area contributed by atoms with E-state index in [-0.39, 0.29) is 18.8 Å². The highest BCUT2D eigenvalue weighted by atomic mass is 32.2. The Morgan fingerprint density at radius 2 is 1.90 bits per heavy atom. The fourth-order valence-electron chi connectivity index (χ4n) is 1.24. The second-order valence-electron chi connectivity index (χ2n) is 3.96. The number of nitrogens with one attached hydrogen (secondary N) is 1. The van der Waals surface area contributed by atoms with Crippen molar-refractivity contribution in [2.75, 3.05) is 18.9 Å². The van der Waals surface area contributed by atoms with Crippen LogP contribution in [0.5, 0.6) is 0 Å². The second kappa shape index (κ2) is 8.96. The molecule has 114 valence electrons. The molecule has 8 heteroatoms. The van der Waals surface area contributed by atoms with Gasteiger partial charge < -0.3 is 15.8 Å². The van der Waals surface area contributed by atoms with Crippen molar-refractivity contribution in [2.24, 2.45) is 5.73 Å². The van der Waals surface area contributed by atoms with Crippen LogP contribution in [0.25, 0.3) is 0 Å². The van der Waals surface area contributed by atoms with E-state index in [9.17, 15) is 18.8 Å². The lowest BCUT2D eigenvalue weighted by molar-refractivity contribution is -0.148. The van der Waals surface area contributed by atoms with Crippen molar-refractivity contribution in [2.45, 2.75) is 11.3 Å². The topological polar surface area (TPSA) is 98.5 Å². The fraction of sp³-hybridized carbons (Fsp3) is 0.308. The third-order valence-electron chi connectivity index (χ3n) is 2.21. The van der Waals surface area contributed by atoms with Crippen LogP contribution in [-0.4, -0.2) is 36.7 Å². The van der Waals surface area contributed by atoms with Crippen LogP contribution in [-0.2, 0) is 19.1 Å². The summed E-state index contributed by atoms with van der Waals surface area (Å²) in [6, 6.07) is 5.90. The molecule has 1 aromatic rings. The van der Waals surface area contributed by atoms with Crippen molar-refractivity contribution in [1.29, 1.82) is 0 Å². The summed E-state index contributed by atoms with van der Waals surface area (Å²) in [6.07, 6.45) is 0.116. The van der Waals surface area contributed by atoms with Crippen LogP contribution < -0.4 is 11.1 Å². The molecule has 0 atom stereocenters. The number of amides is 2. The lowest BCUT2D eigenvalue weighted by Gasteiger charge is -2.05. The van der Waals surface area contributed by atoms with E-state index < -0.39 is 24.4 Å². The van der Waals surface area contributed by atoms with Crippen molar-refractivity contribution in [3.8, 4) is 0 Å². The summed E-state index contributed by atoms with van der Waals surface area (Å²) in [7, 11) is 0. The predicted octanol–water partition coefficient (Wildman–Crippen LogP) is 0.453. The van der Waals surface area contributed by atoms with Crippen LogP contribution in [0.4, 0.5) is 4.39 Å². The molecule has 0 radical (unpaired) electrons. The number of nitrogens with two attached hydrogens (primary N) is 1. The van der Waals surface area contributed by atoms with E-state index in [4.69, 9.17) is 10.5 Å². The number of rotatable bonds is 8. The third kappa shape index (κ3) is 7.93. The molecule has 0 aliphatic rings. The number of primary amides is 1. The zero-order valence-electron chi connectivity index (χ0n) is 11.1. The molecular weight excluding hydrogens is 299 g/mol. The van der Waals surface area contributed by atoms with Gasteiger partial charge in [0.15, 0.2) is 6.61 Å². The quantitative estimate of drug-likeness (QED) is 0.536. The number of carbonyl (C=O) groups excluding carboxylic acids is 3. The van der Waals surface area contributed by atoms with Crippen molar-refractivity contribution in [3.63, 3.8) is 0 Å². The Hall–Kier alpha value is -2.09. The van der Waals surface area contributed by atoms with Gasteiger partial charge >= 0.3 is 5.97 Å². The summed E-state index contributed by atoms with van der Waals surface area (Å²) in [4.78, 5) is 33.8. The maximum absolute atomic E-state index is 12.7. The molecular formula is C13H15FN2O4S. The first-order valence-corrected chi connectivity index (χ1v) is 7.05. The second-order valence-corrected chi connectivity index (χ2v) is 5.12. The summed E-state index contributed by atoms with van der Waals surface area (Å²) < 4.78 is 17.4. The van der Waals surface area contributed by atoms with Gasteiger partial charge in [0.1, 0.15) is 5.82 Å². The molecule has 0 saturated carbocycles. The fourth-order valence-corrected chi connectivity index (χ4v) is 2.07. The van der Waals surface area contributed by atoms with Gasteiger partial charge in [-0.15, -0.1) is 11.8 Å². The van der Waals surface area contributed by atoms with E-state index in [1.165, 1.54) is 23.9 Å². The molecule has 1 aromatic carbocycles. The van der Waals surface area contributed by atoms with Gasteiger partial charge in [0.25, 0.3) is 5.91 Å². The molecule has 0 aliphatic heterocycles. The SMILES string of the molecule is NC(=O)CNC(=O)COC(=O)CCSc1ccc(F)cc1. The normalized spacial score (nSPS) is 9.95. The Bertz CT molecular complexity index is 507. The van der Waals surface area contributed by atoms with Gasteiger partial charge in [-0.2, -0.15) is 0 Å².